The molecule has 1 atom stereocenters. The molecule has 0 heterocycles. The first kappa shape index (κ1) is 6.95. The van der Waals surface area contributed by atoms with Gasteiger partial charge in [-0.1, -0.05) is 6.92 Å². The van der Waals surface area contributed by atoms with Crippen molar-refractivity contribution < 1.29 is 0 Å². The van der Waals surface area contributed by atoms with E-state index in [9.17, 15) is 0 Å². The molecule has 0 radical (unpaired) electrons. The molecule has 0 aromatic carbocycles. The van der Waals surface area contributed by atoms with Crippen LogP contribution in [0.1, 0.15) is 13.8 Å². The SMILES string of the molecule is CCSC(C)N=N. The first-order valence-electron chi connectivity index (χ1n) is 2.29. The highest BCUT2D eigenvalue weighted by Gasteiger charge is 1.92. The summed E-state index contributed by atoms with van der Waals surface area (Å²) in [6, 6.07) is 0. The molecule has 0 saturated heterocycles. The molecule has 0 rings (SSSR count). The predicted octanol–water partition coefficient (Wildman–Crippen LogP) is 2.12. The first-order chi connectivity index (χ1) is 3.31. The smallest absolute Gasteiger partial charge is 0.113 e. The molecule has 0 amide bonds. The Balaban J connectivity index is 2.98. The zero-order valence-electron chi connectivity index (χ0n) is 4.64. The summed E-state index contributed by atoms with van der Waals surface area (Å²) in [5.74, 6) is 1.05. The van der Waals surface area contributed by atoms with E-state index < -0.39 is 0 Å². The van der Waals surface area contributed by atoms with Crippen molar-refractivity contribution in [3.63, 3.8) is 0 Å². The van der Waals surface area contributed by atoms with Crippen LogP contribution in [0.3, 0.4) is 0 Å². The van der Waals surface area contributed by atoms with Gasteiger partial charge in [-0.25, -0.2) is 5.53 Å². The van der Waals surface area contributed by atoms with E-state index in [0.29, 0.717) is 0 Å². The molecule has 2 nitrogen and oxygen atoms in total. The van der Waals surface area contributed by atoms with Crippen LogP contribution < -0.4 is 0 Å². The second kappa shape index (κ2) is 4.12. The third-order valence-corrected chi connectivity index (χ3v) is 1.51. The summed E-state index contributed by atoms with van der Waals surface area (Å²) < 4.78 is 0. The van der Waals surface area contributed by atoms with Crippen molar-refractivity contribution in [1.82, 2.24) is 0 Å². The van der Waals surface area contributed by atoms with Gasteiger partial charge >= 0.3 is 0 Å². The van der Waals surface area contributed by atoms with E-state index in [1.165, 1.54) is 0 Å². The van der Waals surface area contributed by atoms with E-state index >= 15 is 0 Å². The van der Waals surface area contributed by atoms with Crippen LogP contribution in [-0.4, -0.2) is 11.1 Å². The molecule has 1 unspecified atom stereocenters. The van der Waals surface area contributed by atoms with E-state index in [1.54, 1.807) is 11.8 Å². The van der Waals surface area contributed by atoms with Crippen molar-refractivity contribution in [2.24, 2.45) is 5.11 Å². The molecule has 1 N–H and O–H groups in total. The highest BCUT2D eigenvalue weighted by atomic mass is 32.2. The van der Waals surface area contributed by atoms with Gasteiger partial charge < -0.3 is 0 Å². The molecule has 0 bridgehead atoms. The Labute approximate surface area is 48.2 Å². The highest BCUT2D eigenvalue weighted by Crippen LogP contribution is 2.08. The van der Waals surface area contributed by atoms with Gasteiger partial charge in [0.15, 0.2) is 0 Å². The number of thioether (sulfide) groups is 1. The van der Waals surface area contributed by atoms with Crippen LogP contribution in [0.5, 0.6) is 0 Å². The van der Waals surface area contributed by atoms with Crippen molar-refractivity contribution in [2.45, 2.75) is 19.2 Å². The molecule has 0 saturated carbocycles. The average molecular weight is 118 g/mol. The van der Waals surface area contributed by atoms with Gasteiger partial charge in [-0.2, -0.15) is 5.11 Å². The number of nitrogens with zero attached hydrogens (tertiary/aromatic N) is 1. The predicted molar refractivity (Wildman–Crippen MR) is 32.7 cm³/mol. The van der Waals surface area contributed by atoms with Crippen molar-refractivity contribution >= 4 is 11.8 Å². The average Bonchev–Trinajstić information content (AvgIpc) is 1.68. The summed E-state index contributed by atoms with van der Waals surface area (Å²) in [6.07, 6.45) is 0. The molecule has 0 aliphatic heterocycles. The number of hydrogen-bond donors (Lipinski definition) is 1. The number of hydrogen-bond acceptors (Lipinski definition) is 3. The van der Waals surface area contributed by atoms with Gasteiger partial charge in [-0.15, -0.1) is 11.8 Å². The van der Waals surface area contributed by atoms with E-state index in [1.807, 2.05) is 6.92 Å². The van der Waals surface area contributed by atoms with Gasteiger partial charge in [0.25, 0.3) is 0 Å². The first-order valence-corrected chi connectivity index (χ1v) is 3.34. The summed E-state index contributed by atoms with van der Waals surface area (Å²) >= 11 is 1.68. The summed E-state index contributed by atoms with van der Waals surface area (Å²) in [6.45, 7) is 3.98. The topological polar surface area (TPSA) is 36.2 Å². The van der Waals surface area contributed by atoms with E-state index in [2.05, 4.69) is 12.0 Å². The Morgan fingerprint density at radius 1 is 1.86 bits per heavy atom. The Kier molecular flexibility index (Phi) is 4.09. The molecule has 42 valence electrons. The Morgan fingerprint density at radius 2 is 2.43 bits per heavy atom. The minimum absolute atomic E-state index is 0.157. The fourth-order valence-corrected chi connectivity index (χ4v) is 0.835. The monoisotopic (exact) mass is 118 g/mol. The molecule has 0 aromatic heterocycles. The summed E-state index contributed by atoms with van der Waals surface area (Å²) in [5, 5.41) is 3.45. The maximum absolute atomic E-state index is 6.52. The van der Waals surface area contributed by atoms with Crippen LogP contribution in [0.15, 0.2) is 5.11 Å². The molecule has 0 aromatic rings. The van der Waals surface area contributed by atoms with E-state index in [4.69, 9.17) is 5.53 Å². The van der Waals surface area contributed by atoms with Gasteiger partial charge in [0.2, 0.25) is 0 Å². The maximum atomic E-state index is 6.52. The summed E-state index contributed by atoms with van der Waals surface area (Å²) in [7, 11) is 0. The minimum Gasteiger partial charge on any atom is -0.209 e. The molecular weight excluding hydrogens is 108 g/mol. The number of rotatable bonds is 3. The van der Waals surface area contributed by atoms with Crippen molar-refractivity contribution in [1.29, 1.82) is 5.53 Å². The summed E-state index contributed by atoms with van der Waals surface area (Å²) in [4.78, 5) is 0. The molecule has 0 aliphatic rings. The molecular formula is C4H10N2S. The van der Waals surface area contributed by atoms with Gasteiger partial charge in [-0.05, 0) is 12.7 Å². The van der Waals surface area contributed by atoms with Gasteiger partial charge in [0.05, 0.1) is 0 Å². The highest BCUT2D eigenvalue weighted by molar-refractivity contribution is 7.99. The lowest BCUT2D eigenvalue weighted by Gasteiger charge is -1.96. The zero-order valence-corrected chi connectivity index (χ0v) is 5.46. The normalized spacial score (nSPS) is 13.4. The Hall–Kier alpha value is -0.0500. The third-order valence-electron chi connectivity index (χ3n) is 0.590. The summed E-state index contributed by atoms with van der Waals surface area (Å²) in [5.41, 5.74) is 6.52. The van der Waals surface area contributed by atoms with Crippen LogP contribution in [0.4, 0.5) is 0 Å². The second-order valence-corrected chi connectivity index (χ2v) is 2.78. The fraction of sp³-hybridized carbons (Fsp3) is 1.00. The lowest BCUT2D eigenvalue weighted by molar-refractivity contribution is 0.894. The van der Waals surface area contributed by atoms with Gasteiger partial charge in [0.1, 0.15) is 5.37 Å². The molecule has 0 spiro atoms. The van der Waals surface area contributed by atoms with Crippen LogP contribution >= 0.6 is 11.8 Å². The van der Waals surface area contributed by atoms with Crippen molar-refractivity contribution in [3.8, 4) is 0 Å². The Morgan fingerprint density at radius 3 is 2.57 bits per heavy atom. The maximum Gasteiger partial charge on any atom is 0.113 e. The van der Waals surface area contributed by atoms with Gasteiger partial charge in [0, 0.05) is 0 Å². The largest absolute Gasteiger partial charge is 0.209 e. The van der Waals surface area contributed by atoms with Crippen LogP contribution in [0.25, 0.3) is 0 Å². The third kappa shape index (κ3) is 3.79. The van der Waals surface area contributed by atoms with Crippen LogP contribution in [0, 0.1) is 5.53 Å². The molecule has 3 heteroatoms. The molecule has 0 fully saturated rings. The van der Waals surface area contributed by atoms with Gasteiger partial charge in [-0.3, -0.25) is 0 Å². The number of nitrogens with one attached hydrogen (secondary N) is 1. The fourth-order valence-electron chi connectivity index (χ4n) is 0.278. The van der Waals surface area contributed by atoms with E-state index in [-0.39, 0.29) is 5.37 Å². The molecule has 0 aliphatic carbocycles. The van der Waals surface area contributed by atoms with E-state index in [0.717, 1.165) is 5.75 Å². The lowest BCUT2D eigenvalue weighted by atomic mass is 10.8. The van der Waals surface area contributed by atoms with Crippen molar-refractivity contribution in [2.75, 3.05) is 5.75 Å². The lowest BCUT2D eigenvalue weighted by Crippen LogP contribution is -1.86. The van der Waals surface area contributed by atoms with Crippen LogP contribution in [0.2, 0.25) is 0 Å². The Bertz CT molecular complexity index is 55.7. The second-order valence-electron chi connectivity index (χ2n) is 1.18. The molecule has 7 heavy (non-hydrogen) atoms. The quantitative estimate of drug-likeness (QED) is 0.566. The zero-order chi connectivity index (χ0) is 5.70. The standard InChI is InChI=1S/C4H10N2S/c1-3-7-4(2)6-5/h4-5H,3H2,1-2H3. The van der Waals surface area contributed by atoms with Crippen LogP contribution in [-0.2, 0) is 0 Å². The van der Waals surface area contributed by atoms with Crippen molar-refractivity contribution in [3.05, 3.63) is 0 Å². The minimum atomic E-state index is 0.157.